The average Bonchev–Trinajstić information content (AvgIpc) is 2.53. The summed E-state index contributed by atoms with van der Waals surface area (Å²) in [6.07, 6.45) is 0.614. The molecular weight excluding hydrogens is 180 g/mol. The third kappa shape index (κ3) is 0.883. The molecule has 0 aromatic rings. The van der Waals surface area contributed by atoms with E-state index in [0.29, 0.717) is 19.4 Å². The van der Waals surface area contributed by atoms with Crippen LogP contribution in [0.5, 0.6) is 0 Å². The highest BCUT2D eigenvalue weighted by Crippen LogP contribution is 2.59. The molecule has 3 heteroatoms. The number of carbonyl (C=O) groups is 1. The van der Waals surface area contributed by atoms with Crippen LogP contribution >= 0.6 is 0 Å². The van der Waals surface area contributed by atoms with Gasteiger partial charge in [0.15, 0.2) is 0 Å². The van der Waals surface area contributed by atoms with E-state index in [-0.39, 0.29) is 11.4 Å². The van der Waals surface area contributed by atoms with Crippen molar-refractivity contribution in [2.24, 2.45) is 10.8 Å². The molecule has 2 rings (SSSR count). The van der Waals surface area contributed by atoms with Gasteiger partial charge in [0.1, 0.15) is 0 Å². The monoisotopic (exact) mass is 196 g/mol. The second kappa shape index (κ2) is 2.60. The summed E-state index contributed by atoms with van der Waals surface area (Å²) in [7, 11) is 0. The summed E-state index contributed by atoms with van der Waals surface area (Å²) in [6, 6.07) is 0. The number of carbonyl (C=O) groups excluding carboxylic acids is 1. The van der Waals surface area contributed by atoms with Crippen LogP contribution in [0.15, 0.2) is 12.2 Å². The van der Waals surface area contributed by atoms with Crippen LogP contribution in [0.1, 0.15) is 26.7 Å². The minimum absolute atomic E-state index is 0.166. The largest absolute Gasteiger partial charge is 0.465 e. The number of cyclic esters (lactones) is 1. The third-order valence-electron chi connectivity index (χ3n) is 4.10. The van der Waals surface area contributed by atoms with Crippen LogP contribution in [0.4, 0.5) is 0 Å². The fourth-order valence-electron chi connectivity index (χ4n) is 2.74. The van der Waals surface area contributed by atoms with Gasteiger partial charge in [-0.2, -0.15) is 0 Å². The minimum atomic E-state index is -0.560. The summed E-state index contributed by atoms with van der Waals surface area (Å²) >= 11 is 0. The lowest BCUT2D eigenvalue weighted by molar-refractivity contribution is -0.150. The first-order valence-corrected chi connectivity index (χ1v) is 4.96. The number of aliphatic hydroxyl groups is 1. The molecule has 78 valence electrons. The first kappa shape index (κ1) is 9.71. The zero-order valence-corrected chi connectivity index (χ0v) is 8.67. The van der Waals surface area contributed by atoms with Gasteiger partial charge in [-0.1, -0.05) is 20.4 Å². The lowest BCUT2D eigenvalue weighted by atomic mass is 9.66. The third-order valence-corrected chi connectivity index (χ3v) is 4.10. The number of ether oxygens (including phenoxy) is 1. The first-order chi connectivity index (χ1) is 6.42. The lowest BCUT2D eigenvalue weighted by Crippen LogP contribution is -2.37. The molecule has 1 saturated heterocycles. The van der Waals surface area contributed by atoms with Gasteiger partial charge in [0.25, 0.3) is 0 Å². The van der Waals surface area contributed by atoms with Gasteiger partial charge in [-0.15, -0.1) is 0 Å². The fourth-order valence-corrected chi connectivity index (χ4v) is 2.74. The SMILES string of the molecule is C=C1C(O)CC2(CCOC2=O)C1(C)C. The molecule has 2 fully saturated rings. The minimum Gasteiger partial charge on any atom is -0.465 e. The molecule has 1 N–H and O–H groups in total. The van der Waals surface area contributed by atoms with E-state index in [1.807, 2.05) is 13.8 Å². The van der Waals surface area contributed by atoms with Crippen LogP contribution in [0.3, 0.4) is 0 Å². The van der Waals surface area contributed by atoms with Crippen molar-refractivity contribution in [1.29, 1.82) is 0 Å². The second-order valence-electron chi connectivity index (χ2n) is 4.84. The van der Waals surface area contributed by atoms with Gasteiger partial charge in [0.05, 0.1) is 18.1 Å². The molecule has 1 spiro atoms. The van der Waals surface area contributed by atoms with Gasteiger partial charge in [-0.05, 0) is 18.4 Å². The summed E-state index contributed by atoms with van der Waals surface area (Å²) < 4.78 is 5.03. The van der Waals surface area contributed by atoms with Crippen LogP contribution in [-0.4, -0.2) is 23.8 Å². The molecule has 0 radical (unpaired) electrons. The summed E-state index contributed by atoms with van der Waals surface area (Å²) in [4.78, 5) is 11.7. The standard InChI is InChI=1S/C11H16O3/c1-7-8(12)6-11(10(7,2)3)4-5-14-9(11)13/h8,12H,1,4-6H2,2-3H3. The van der Waals surface area contributed by atoms with E-state index < -0.39 is 11.5 Å². The molecule has 1 heterocycles. The van der Waals surface area contributed by atoms with Crippen LogP contribution in [0, 0.1) is 10.8 Å². The van der Waals surface area contributed by atoms with Crippen LogP contribution in [0.25, 0.3) is 0 Å². The number of esters is 1. The summed E-state index contributed by atoms with van der Waals surface area (Å²) in [6.45, 7) is 8.30. The highest BCUT2D eigenvalue weighted by Gasteiger charge is 2.62. The maximum Gasteiger partial charge on any atom is 0.313 e. The number of rotatable bonds is 0. The zero-order chi connectivity index (χ0) is 10.6. The molecule has 2 atom stereocenters. The predicted octanol–water partition coefficient (Wildman–Crippen LogP) is 1.27. The van der Waals surface area contributed by atoms with E-state index in [2.05, 4.69) is 6.58 Å². The van der Waals surface area contributed by atoms with Crippen LogP contribution < -0.4 is 0 Å². The van der Waals surface area contributed by atoms with Crippen LogP contribution in [0.2, 0.25) is 0 Å². The molecule has 1 aliphatic heterocycles. The Kier molecular flexibility index (Phi) is 1.80. The van der Waals surface area contributed by atoms with E-state index >= 15 is 0 Å². The highest BCUT2D eigenvalue weighted by molar-refractivity contribution is 5.81. The van der Waals surface area contributed by atoms with Crippen molar-refractivity contribution in [2.75, 3.05) is 6.61 Å². The Morgan fingerprint density at radius 1 is 1.57 bits per heavy atom. The normalized spacial score (nSPS) is 40.6. The Morgan fingerprint density at radius 3 is 2.57 bits per heavy atom. The number of hydrogen-bond donors (Lipinski definition) is 1. The van der Waals surface area contributed by atoms with Gasteiger partial charge in [-0.3, -0.25) is 4.79 Å². The molecule has 2 aliphatic rings. The van der Waals surface area contributed by atoms with Gasteiger partial charge >= 0.3 is 5.97 Å². The molecule has 1 aliphatic carbocycles. The van der Waals surface area contributed by atoms with Gasteiger partial charge in [0.2, 0.25) is 0 Å². The Balaban J connectivity index is 2.46. The Bertz CT molecular complexity index is 306. The molecular formula is C11H16O3. The molecule has 0 amide bonds. The zero-order valence-electron chi connectivity index (χ0n) is 8.67. The van der Waals surface area contributed by atoms with Gasteiger partial charge in [0, 0.05) is 5.41 Å². The Labute approximate surface area is 83.8 Å². The topological polar surface area (TPSA) is 46.5 Å². The molecule has 2 unspecified atom stereocenters. The molecule has 0 bridgehead atoms. The van der Waals surface area contributed by atoms with Crippen molar-refractivity contribution >= 4 is 5.97 Å². The highest BCUT2D eigenvalue weighted by atomic mass is 16.5. The smallest absolute Gasteiger partial charge is 0.313 e. The maximum absolute atomic E-state index is 11.7. The number of hydrogen-bond acceptors (Lipinski definition) is 3. The average molecular weight is 196 g/mol. The van der Waals surface area contributed by atoms with Crippen molar-refractivity contribution in [2.45, 2.75) is 32.8 Å². The molecule has 14 heavy (non-hydrogen) atoms. The van der Waals surface area contributed by atoms with E-state index in [0.717, 1.165) is 5.57 Å². The first-order valence-electron chi connectivity index (χ1n) is 4.96. The molecule has 3 nitrogen and oxygen atoms in total. The fraction of sp³-hybridized carbons (Fsp3) is 0.727. The summed E-state index contributed by atoms with van der Waals surface area (Å²) in [5, 5.41) is 9.77. The van der Waals surface area contributed by atoms with Crippen molar-refractivity contribution in [3.63, 3.8) is 0 Å². The van der Waals surface area contributed by atoms with Crippen LogP contribution in [-0.2, 0) is 9.53 Å². The number of aliphatic hydroxyl groups excluding tert-OH is 1. The Morgan fingerprint density at radius 2 is 2.21 bits per heavy atom. The van der Waals surface area contributed by atoms with Crippen molar-refractivity contribution < 1.29 is 14.6 Å². The molecule has 0 aromatic heterocycles. The van der Waals surface area contributed by atoms with Crippen molar-refractivity contribution in [1.82, 2.24) is 0 Å². The quantitative estimate of drug-likeness (QED) is 0.468. The molecule has 0 aromatic carbocycles. The predicted molar refractivity (Wildman–Crippen MR) is 51.6 cm³/mol. The summed E-state index contributed by atoms with van der Waals surface area (Å²) in [5.74, 6) is -0.166. The maximum atomic E-state index is 11.7. The second-order valence-corrected chi connectivity index (χ2v) is 4.84. The van der Waals surface area contributed by atoms with Crippen molar-refractivity contribution in [3.05, 3.63) is 12.2 Å². The van der Waals surface area contributed by atoms with E-state index in [4.69, 9.17) is 4.74 Å². The van der Waals surface area contributed by atoms with E-state index in [9.17, 15) is 9.90 Å². The van der Waals surface area contributed by atoms with Crippen molar-refractivity contribution in [3.8, 4) is 0 Å². The van der Waals surface area contributed by atoms with Gasteiger partial charge in [-0.25, -0.2) is 0 Å². The van der Waals surface area contributed by atoms with Gasteiger partial charge < -0.3 is 9.84 Å². The Hall–Kier alpha value is -0.830. The van der Waals surface area contributed by atoms with E-state index in [1.165, 1.54) is 0 Å². The molecule has 1 saturated carbocycles. The lowest BCUT2D eigenvalue weighted by Gasteiger charge is -2.34. The summed E-state index contributed by atoms with van der Waals surface area (Å²) in [5.41, 5.74) is -0.111. The van der Waals surface area contributed by atoms with E-state index in [1.54, 1.807) is 0 Å².